The average molecular weight is 284 g/mol. The van der Waals surface area contributed by atoms with Gasteiger partial charge in [0.15, 0.2) is 0 Å². The molecule has 1 atom stereocenters. The minimum atomic E-state index is -0.552. The predicted octanol–water partition coefficient (Wildman–Crippen LogP) is 3.29. The minimum Gasteiger partial charge on any atom is -0.399 e. The summed E-state index contributed by atoms with van der Waals surface area (Å²) in [6.07, 6.45) is 2.17. The molecule has 0 spiro atoms. The van der Waals surface area contributed by atoms with Crippen molar-refractivity contribution < 1.29 is 9.18 Å². The summed E-state index contributed by atoms with van der Waals surface area (Å²) in [4.78, 5) is 12.3. The monoisotopic (exact) mass is 284 g/mol. The number of hydrogen-bond donors (Lipinski definition) is 2. The Labute approximate surface area is 123 Å². The summed E-state index contributed by atoms with van der Waals surface area (Å²) in [7, 11) is 0. The van der Waals surface area contributed by atoms with Crippen molar-refractivity contribution in [1.82, 2.24) is 5.32 Å². The lowest BCUT2D eigenvalue weighted by atomic mass is 10.0. The van der Waals surface area contributed by atoms with E-state index < -0.39 is 11.7 Å². The van der Waals surface area contributed by atoms with Gasteiger partial charge in [0.25, 0.3) is 5.91 Å². The van der Waals surface area contributed by atoms with Crippen molar-refractivity contribution in [3.63, 3.8) is 0 Å². The first-order valence-corrected chi connectivity index (χ1v) is 7.06. The van der Waals surface area contributed by atoms with E-state index >= 15 is 0 Å². The third-order valence-electron chi connectivity index (χ3n) is 3.77. The van der Waals surface area contributed by atoms with E-state index in [0.29, 0.717) is 11.6 Å². The van der Waals surface area contributed by atoms with Crippen molar-refractivity contribution in [3.8, 4) is 0 Å². The standard InChI is InChI=1S/C17H17FN2O/c18-15-9-8-13(19)10-14(15)17(21)20-16(12-6-7-12)11-4-2-1-3-5-11/h1-5,8-10,12,16H,6-7,19H2,(H,20,21). The molecule has 1 amide bonds. The fourth-order valence-electron chi connectivity index (χ4n) is 2.50. The third kappa shape index (κ3) is 3.05. The van der Waals surface area contributed by atoms with Crippen LogP contribution in [0.5, 0.6) is 0 Å². The number of carbonyl (C=O) groups is 1. The Balaban J connectivity index is 1.83. The number of nitrogens with two attached hydrogens (primary N) is 1. The van der Waals surface area contributed by atoms with Crippen LogP contribution >= 0.6 is 0 Å². The number of nitrogens with one attached hydrogen (secondary N) is 1. The van der Waals surface area contributed by atoms with Crippen molar-refractivity contribution >= 4 is 11.6 Å². The Morgan fingerprint density at radius 2 is 1.90 bits per heavy atom. The van der Waals surface area contributed by atoms with Gasteiger partial charge in [0.05, 0.1) is 11.6 Å². The van der Waals surface area contributed by atoms with Gasteiger partial charge in [0, 0.05) is 5.69 Å². The van der Waals surface area contributed by atoms with Crippen molar-refractivity contribution in [3.05, 3.63) is 65.5 Å². The topological polar surface area (TPSA) is 55.1 Å². The molecule has 1 aliphatic rings. The van der Waals surface area contributed by atoms with E-state index in [0.717, 1.165) is 18.4 Å². The fraction of sp³-hybridized carbons (Fsp3) is 0.235. The predicted molar refractivity (Wildman–Crippen MR) is 80.2 cm³/mol. The first-order valence-electron chi connectivity index (χ1n) is 7.06. The van der Waals surface area contributed by atoms with Crippen molar-refractivity contribution in [1.29, 1.82) is 0 Å². The molecule has 0 bridgehead atoms. The summed E-state index contributed by atoms with van der Waals surface area (Å²) in [5, 5.41) is 2.95. The average Bonchev–Trinajstić information content (AvgIpc) is 3.32. The molecule has 0 aliphatic heterocycles. The van der Waals surface area contributed by atoms with Gasteiger partial charge in [-0.25, -0.2) is 4.39 Å². The smallest absolute Gasteiger partial charge is 0.254 e. The normalized spacial score (nSPS) is 15.5. The van der Waals surface area contributed by atoms with E-state index in [-0.39, 0.29) is 11.6 Å². The van der Waals surface area contributed by atoms with E-state index in [1.807, 2.05) is 30.3 Å². The van der Waals surface area contributed by atoms with Crippen LogP contribution in [-0.4, -0.2) is 5.91 Å². The Morgan fingerprint density at radius 3 is 2.57 bits per heavy atom. The van der Waals surface area contributed by atoms with Crippen LogP contribution in [-0.2, 0) is 0 Å². The van der Waals surface area contributed by atoms with Crippen LogP contribution in [0.2, 0.25) is 0 Å². The van der Waals surface area contributed by atoms with E-state index in [1.54, 1.807) is 0 Å². The molecule has 0 heterocycles. The summed E-state index contributed by atoms with van der Waals surface area (Å²) < 4.78 is 13.8. The van der Waals surface area contributed by atoms with Gasteiger partial charge in [-0.05, 0) is 42.5 Å². The number of rotatable bonds is 4. The molecule has 1 fully saturated rings. The lowest BCUT2D eigenvalue weighted by Crippen LogP contribution is -2.30. The number of carbonyl (C=O) groups excluding carboxylic acids is 1. The number of hydrogen-bond acceptors (Lipinski definition) is 2. The quantitative estimate of drug-likeness (QED) is 0.846. The van der Waals surface area contributed by atoms with E-state index in [1.165, 1.54) is 18.2 Å². The summed E-state index contributed by atoms with van der Waals surface area (Å²) >= 11 is 0. The highest BCUT2D eigenvalue weighted by atomic mass is 19.1. The van der Waals surface area contributed by atoms with Crippen LogP contribution in [0.25, 0.3) is 0 Å². The van der Waals surface area contributed by atoms with Crippen LogP contribution in [0.15, 0.2) is 48.5 Å². The van der Waals surface area contributed by atoms with Gasteiger partial charge in [0.2, 0.25) is 0 Å². The van der Waals surface area contributed by atoms with Gasteiger partial charge >= 0.3 is 0 Å². The van der Waals surface area contributed by atoms with Gasteiger partial charge in [-0.3, -0.25) is 4.79 Å². The van der Waals surface area contributed by atoms with Gasteiger partial charge in [-0.1, -0.05) is 30.3 Å². The minimum absolute atomic E-state index is 0.00317. The van der Waals surface area contributed by atoms with Crippen molar-refractivity contribution in [2.45, 2.75) is 18.9 Å². The Hall–Kier alpha value is -2.36. The van der Waals surface area contributed by atoms with E-state index in [9.17, 15) is 9.18 Å². The van der Waals surface area contributed by atoms with Gasteiger partial charge in [0.1, 0.15) is 5.82 Å². The number of benzene rings is 2. The summed E-state index contributed by atoms with van der Waals surface area (Å²) in [6, 6.07) is 13.8. The Bertz CT molecular complexity index is 653. The second-order valence-corrected chi connectivity index (χ2v) is 5.44. The molecule has 108 valence electrons. The molecular weight excluding hydrogens is 267 g/mol. The molecule has 1 unspecified atom stereocenters. The van der Waals surface area contributed by atoms with Gasteiger partial charge < -0.3 is 11.1 Å². The van der Waals surface area contributed by atoms with Crippen LogP contribution in [0.1, 0.15) is 34.8 Å². The van der Waals surface area contributed by atoms with Crippen LogP contribution in [0.4, 0.5) is 10.1 Å². The lowest BCUT2D eigenvalue weighted by Gasteiger charge is -2.19. The third-order valence-corrected chi connectivity index (χ3v) is 3.77. The number of nitrogen functional groups attached to an aromatic ring is 1. The molecule has 4 heteroatoms. The largest absolute Gasteiger partial charge is 0.399 e. The summed E-state index contributed by atoms with van der Waals surface area (Å²) in [5.41, 5.74) is 7.06. The van der Waals surface area contributed by atoms with Crippen LogP contribution in [0.3, 0.4) is 0 Å². The zero-order valence-corrected chi connectivity index (χ0v) is 11.6. The summed E-state index contributed by atoms with van der Waals surface area (Å²) in [6.45, 7) is 0. The lowest BCUT2D eigenvalue weighted by molar-refractivity contribution is 0.0927. The van der Waals surface area contributed by atoms with Crippen LogP contribution in [0, 0.1) is 11.7 Å². The van der Waals surface area contributed by atoms with Crippen molar-refractivity contribution in [2.75, 3.05) is 5.73 Å². The second-order valence-electron chi connectivity index (χ2n) is 5.44. The molecule has 0 aromatic heterocycles. The molecule has 3 rings (SSSR count). The summed E-state index contributed by atoms with van der Waals surface area (Å²) in [5.74, 6) is -0.537. The first-order chi connectivity index (χ1) is 10.1. The molecule has 2 aromatic rings. The van der Waals surface area contributed by atoms with Gasteiger partial charge in [-0.2, -0.15) is 0 Å². The SMILES string of the molecule is Nc1ccc(F)c(C(=O)NC(c2ccccc2)C2CC2)c1. The zero-order valence-electron chi connectivity index (χ0n) is 11.6. The number of anilines is 1. The molecule has 21 heavy (non-hydrogen) atoms. The van der Waals surface area contributed by atoms with Gasteiger partial charge in [-0.15, -0.1) is 0 Å². The van der Waals surface area contributed by atoms with Crippen LogP contribution < -0.4 is 11.1 Å². The Kier molecular flexibility index (Phi) is 3.60. The molecule has 2 aromatic carbocycles. The maximum Gasteiger partial charge on any atom is 0.254 e. The molecular formula is C17H17FN2O. The fourth-order valence-corrected chi connectivity index (χ4v) is 2.50. The molecule has 1 saturated carbocycles. The molecule has 1 aliphatic carbocycles. The first kappa shape index (κ1) is 13.6. The molecule has 3 nitrogen and oxygen atoms in total. The van der Waals surface area contributed by atoms with E-state index in [4.69, 9.17) is 5.73 Å². The maximum atomic E-state index is 13.8. The number of amides is 1. The highest BCUT2D eigenvalue weighted by Crippen LogP contribution is 2.41. The maximum absolute atomic E-state index is 13.8. The van der Waals surface area contributed by atoms with Crippen molar-refractivity contribution in [2.24, 2.45) is 5.92 Å². The Morgan fingerprint density at radius 1 is 1.19 bits per heavy atom. The highest BCUT2D eigenvalue weighted by Gasteiger charge is 2.33. The zero-order chi connectivity index (χ0) is 14.8. The number of halogens is 1. The highest BCUT2D eigenvalue weighted by molar-refractivity contribution is 5.95. The molecule has 3 N–H and O–H groups in total. The second kappa shape index (κ2) is 5.56. The van der Waals surface area contributed by atoms with E-state index in [2.05, 4.69) is 5.32 Å². The molecule has 0 saturated heterocycles. The molecule has 0 radical (unpaired) electrons.